The van der Waals surface area contributed by atoms with Crippen LogP contribution < -0.4 is 0 Å². The van der Waals surface area contributed by atoms with Crippen LogP contribution in [0, 0.1) is 0 Å². The minimum absolute atomic E-state index is 0.0453. The van der Waals surface area contributed by atoms with Gasteiger partial charge in [-0.25, -0.2) is 0 Å². The van der Waals surface area contributed by atoms with Gasteiger partial charge in [0.05, 0.1) is 12.7 Å². The minimum Gasteiger partial charge on any atom is -0.465 e. The first kappa shape index (κ1) is 23.3. The lowest BCUT2D eigenvalue weighted by atomic mass is 10.0. The quantitative estimate of drug-likeness (QED) is 0.325. The highest BCUT2D eigenvalue weighted by Crippen LogP contribution is 2.14. The number of hydrogen-bond donors (Lipinski definition) is 1. The van der Waals surface area contributed by atoms with E-state index in [4.69, 9.17) is 9.47 Å². The largest absolute Gasteiger partial charge is 0.465 e. The molecule has 0 aliphatic carbocycles. The monoisotopic (exact) mass is 378 g/mol. The molecule has 0 heterocycles. The fraction of sp³-hybridized carbons (Fsp3) is 0.636. The Hall–Kier alpha value is -1.72. The van der Waals surface area contributed by atoms with Crippen LogP contribution in [0.3, 0.4) is 0 Å². The van der Waals surface area contributed by atoms with Gasteiger partial charge in [0.1, 0.15) is 11.9 Å². The maximum Gasteiger partial charge on any atom is 0.293 e. The second-order valence-corrected chi connectivity index (χ2v) is 6.97. The van der Waals surface area contributed by atoms with Gasteiger partial charge in [0.2, 0.25) is 0 Å². The number of rotatable bonds is 17. The van der Waals surface area contributed by atoms with E-state index in [0.717, 1.165) is 31.2 Å². The van der Waals surface area contributed by atoms with Crippen LogP contribution in [0.4, 0.5) is 0 Å². The summed E-state index contributed by atoms with van der Waals surface area (Å²) < 4.78 is 10.6. The molecule has 0 spiro atoms. The van der Waals surface area contributed by atoms with E-state index in [2.05, 4.69) is 6.92 Å². The third-order valence-corrected chi connectivity index (χ3v) is 4.53. The van der Waals surface area contributed by atoms with Crippen molar-refractivity contribution in [3.63, 3.8) is 0 Å². The lowest BCUT2D eigenvalue weighted by molar-refractivity contribution is -0.134. The fourth-order valence-corrected chi connectivity index (χ4v) is 2.96. The lowest BCUT2D eigenvalue weighted by Gasteiger charge is -2.15. The Balaban J connectivity index is 2.10. The summed E-state index contributed by atoms with van der Waals surface area (Å²) in [5.74, 6) is 0.0453. The molecular weight excluding hydrogens is 344 g/mol. The van der Waals surface area contributed by atoms with Crippen LogP contribution in [0.5, 0.6) is 0 Å². The van der Waals surface area contributed by atoms with Gasteiger partial charge in [-0.05, 0) is 37.7 Å². The molecule has 0 aromatic heterocycles. The Morgan fingerprint density at radius 1 is 1.11 bits per heavy atom. The van der Waals surface area contributed by atoms with Crippen LogP contribution in [0.1, 0.15) is 70.3 Å². The van der Waals surface area contributed by atoms with Gasteiger partial charge in [0, 0.05) is 19.4 Å². The van der Waals surface area contributed by atoms with Gasteiger partial charge in [-0.3, -0.25) is 9.59 Å². The molecule has 1 aromatic carbocycles. The zero-order valence-corrected chi connectivity index (χ0v) is 16.5. The number of benzene rings is 1. The number of Topliss-reactive ketones (excluding diaryl/α,β-unsaturated/α-hetero) is 1. The summed E-state index contributed by atoms with van der Waals surface area (Å²) in [4.78, 5) is 22.6. The first-order valence-electron chi connectivity index (χ1n) is 10.1. The van der Waals surface area contributed by atoms with Crippen LogP contribution in [-0.2, 0) is 25.7 Å². The molecule has 0 aliphatic rings. The van der Waals surface area contributed by atoms with Crippen LogP contribution in [0.2, 0.25) is 0 Å². The third-order valence-electron chi connectivity index (χ3n) is 4.53. The average Bonchev–Trinajstić information content (AvgIpc) is 2.66. The SMILES string of the molecule is CCCCC[C@H](CCCC(=O)C[C@@H](O)CCOCc1ccccc1)OC=O. The highest BCUT2D eigenvalue weighted by atomic mass is 16.5. The van der Waals surface area contributed by atoms with Gasteiger partial charge in [0.15, 0.2) is 0 Å². The number of hydrogen-bond acceptors (Lipinski definition) is 5. The Kier molecular flexibility index (Phi) is 13.3. The Morgan fingerprint density at radius 3 is 2.56 bits per heavy atom. The van der Waals surface area contributed by atoms with Gasteiger partial charge in [-0.2, -0.15) is 0 Å². The number of carbonyl (C=O) groups excluding carboxylic acids is 2. The summed E-state index contributed by atoms with van der Waals surface area (Å²) in [7, 11) is 0. The minimum atomic E-state index is -0.667. The molecule has 5 nitrogen and oxygen atoms in total. The molecule has 0 bridgehead atoms. The summed E-state index contributed by atoms with van der Waals surface area (Å²) in [5, 5.41) is 9.98. The maximum atomic E-state index is 12.0. The molecule has 0 aliphatic heterocycles. The molecule has 0 fully saturated rings. The molecule has 1 rings (SSSR count). The summed E-state index contributed by atoms with van der Waals surface area (Å²) >= 11 is 0. The van der Waals surface area contributed by atoms with Crippen LogP contribution >= 0.6 is 0 Å². The summed E-state index contributed by atoms with van der Waals surface area (Å²) in [6.45, 7) is 3.57. The number of aliphatic hydroxyl groups excluding tert-OH is 1. The molecule has 152 valence electrons. The summed E-state index contributed by atoms with van der Waals surface area (Å²) in [5.41, 5.74) is 1.09. The predicted molar refractivity (Wildman–Crippen MR) is 105 cm³/mol. The maximum absolute atomic E-state index is 12.0. The molecule has 1 N–H and O–H groups in total. The molecule has 0 amide bonds. The zero-order chi connectivity index (χ0) is 19.7. The molecule has 27 heavy (non-hydrogen) atoms. The van der Waals surface area contributed by atoms with Gasteiger partial charge >= 0.3 is 0 Å². The second kappa shape index (κ2) is 15.3. The molecule has 5 heteroatoms. The Morgan fingerprint density at radius 2 is 1.85 bits per heavy atom. The van der Waals surface area contributed by atoms with Gasteiger partial charge in [-0.1, -0.05) is 50.1 Å². The van der Waals surface area contributed by atoms with Crippen molar-refractivity contribution >= 4 is 12.3 Å². The first-order valence-corrected chi connectivity index (χ1v) is 10.1. The van der Waals surface area contributed by atoms with Crippen molar-refractivity contribution in [2.75, 3.05) is 6.61 Å². The highest BCUT2D eigenvalue weighted by Gasteiger charge is 2.13. The van der Waals surface area contributed by atoms with Crippen LogP contribution in [0.25, 0.3) is 0 Å². The first-order chi connectivity index (χ1) is 13.2. The number of unbranched alkanes of at least 4 members (excludes halogenated alkanes) is 2. The van der Waals surface area contributed by atoms with Crippen LogP contribution in [-0.4, -0.2) is 36.2 Å². The standard InChI is InChI=1S/C22H34O5/c1-2-3-5-12-22(27-18-23)13-8-11-20(24)16-21(25)14-15-26-17-19-9-6-4-7-10-19/h4,6-7,9-10,18,21-22,25H,2-3,5,8,11-17H2,1H3/t21-,22+/m0/s1. The molecule has 0 saturated carbocycles. The molecule has 0 unspecified atom stereocenters. The summed E-state index contributed by atoms with van der Waals surface area (Å²) in [6, 6.07) is 9.85. The molecule has 2 atom stereocenters. The number of carbonyl (C=O) groups is 2. The Labute approximate surface area is 163 Å². The topological polar surface area (TPSA) is 72.8 Å². The average molecular weight is 379 g/mol. The van der Waals surface area contributed by atoms with E-state index < -0.39 is 6.10 Å². The van der Waals surface area contributed by atoms with Crippen molar-refractivity contribution in [1.29, 1.82) is 0 Å². The number of ether oxygens (including phenoxy) is 2. The van der Waals surface area contributed by atoms with E-state index in [-0.39, 0.29) is 18.3 Å². The smallest absolute Gasteiger partial charge is 0.293 e. The van der Waals surface area contributed by atoms with Crippen molar-refractivity contribution in [1.82, 2.24) is 0 Å². The predicted octanol–water partition coefficient (Wildman–Crippen LogP) is 4.21. The zero-order valence-electron chi connectivity index (χ0n) is 16.5. The third kappa shape index (κ3) is 12.3. The lowest BCUT2D eigenvalue weighted by Crippen LogP contribution is -2.17. The van der Waals surface area contributed by atoms with E-state index >= 15 is 0 Å². The van der Waals surface area contributed by atoms with Crippen molar-refractivity contribution in [3.8, 4) is 0 Å². The molecular formula is C22H34O5. The van der Waals surface area contributed by atoms with Gasteiger partial charge in [0.25, 0.3) is 6.47 Å². The van der Waals surface area contributed by atoms with Crippen molar-refractivity contribution < 1.29 is 24.2 Å². The van der Waals surface area contributed by atoms with E-state index in [1.807, 2.05) is 30.3 Å². The Bertz CT molecular complexity index is 503. The fourth-order valence-electron chi connectivity index (χ4n) is 2.96. The highest BCUT2D eigenvalue weighted by molar-refractivity contribution is 5.78. The molecule has 0 radical (unpaired) electrons. The number of aliphatic hydroxyl groups is 1. The second-order valence-electron chi connectivity index (χ2n) is 6.97. The van der Waals surface area contributed by atoms with Crippen molar-refractivity contribution in [2.24, 2.45) is 0 Å². The number of ketones is 1. The summed E-state index contributed by atoms with van der Waals surface area (Å²) in [6.07, 6.45) is 5.76. The van der Waals surface area contributed by atoms with Crippen LogP contribution in [0.15, 0.2) is 30.3 Å². The van der Waals surface area contributed by atoms with Crippen molar-refractivity contribution in [2.45, 2.75) is 83.5 Å². The van der Waals surface area contributed by atoms with E-state index in [9.17, 15) is 14.7 Å². The normalized spacial score (nSPS) is 13.1. The van der Waals surface area contributed by atoms with E-state index in [1.54, 1.807) is 0 Å². The molecule has 1 aromatic rings. The van der Waals surface area contributed by atoms with E-state index in [1.165, 1.54) is 0 Å². The van der Waals surface area contributed by atoms with Crippen molar-refractivity contribution in [3.05, 3.63) is 35.9 Å². The molecule has 0 saturated heterocycles. The van der Waals surface area contributed by atoms with Gasteiger partial charge in [-0.15, -0.1) is 0 Å². The van der Waals surface area contributed by atoms with Gasteiger partial charge < -0.3 is 14.6 Å². The van der Waals surface area contributed by atoms with E-state index in [0.29, 0.717) is 45.4 Å².